The fourth-order valence-electron chi connectivity index (χ4n) is 3.33. The zero-order chi connectivity index (χ0) is 14.3. The Hall–Kier alpha value is -1.43. The van der Waals surface area contributed by atoms with Crippen LogP contribution in [0.5, 0.6) is 0 Å². The summed E-state index contributed by atoms with van der Waals surface area (Å²) in [5.41, 5.74) is -0.0647. The molecule has 0 aromatic carbocycles. The summed E-state index contributed by atoms with van der Waals surface area (Å²) in [6.07, 6.45) is 4.51. The van der Waals surface area contributed by atoms with Crippen molar-refractivity contribution in [1.29, 1.82) is 0 Å². The molecule has 3 rings (SSSR count). The molecule has 3 heterocycles. The lowest BCUT2D eigenvalue weighted by Crippen LogP contribution is -2.39. The maximum absolute atomic E-state index is 11.7. The predicted molar refractivity (Wildman–Crippen MR) is 75.0 cm³/mol. The van der Waals surface area contributed by atoms with Gasteiger partial charge < -0.3 is 5.32 Å². The number of rotatable bonds is 2. The molecule has 2 unspecified atom stereocenters. The molecule has 0 aliphatic carbocycles. The second kappa shape index (κ2) is 4.84. The molecule has 6 nitrogen and oxygen atoms in total. The number of hydrogen-bond donors (Lipinski definition) is 1. The van der Waals surface area contributed by atoms with Crippen LogP contribution in [0.2, 0.25) is 0 Å². The predicted octanol–water partition coefficient (Wildman–Crippen LogP) is 0.886. The Kier molecular flexibility index (Phi) is 3.28. The van der Waals surface area contributed by atoms with Gasteiger partial charge in [-0.15, -0.1) is 0 Å². The van der Waals surface area contributed by atoms with Gasteiger partial charge in [0.2, 0.25) is 5.91 Å². The summed E-state index contributed by atoms with van der Waals surface area (Å²) >= 11 is 0. The molecule has 2 fully saturated rings. The van der Waals surface area contributed by atoms with Gasteiger partial charge >= 0.3 is 0 Å². The third-order valence-corrected chi connectivity index (χ3v) is 4.30. The van der Waals surface area contributed by atoms with Crippen molar-refractivity contribution in [3.8, 4) is 0 Å². The number of fused-ring (bicyclic) bond motifs is 2. The lowest BCUT2D eigenvalue weighted by molar-refractivity contribution is -0.121. The second-order valence-electron chi connectivity index (χ2n) is 6.82. The molecule has 2 atom stereocenters. The summed E-state index contributed by atoms with van der Waals surface area (Å²) < 4.78 is 1.99. The molecule has 0 spiro atoms. The van der Waals surface area contributed by atoms with Gasteiger partial charge in [-0.05, 0) is 33.6 Å². The van der Waals surface area contributed by atoms with Crippen molar-refractivity contribution in [2.24, 2.45) is 0 Å². The van der Waals surface area contributed by atoms with Gasteiger partial charge in [0, 0.05) is 25.0 Å². The third-order valence-electron chi connectivity index (χ3n) is 4.30. The summed E-state index contributed by atoms with van der Waals surface area (Å²) in [6, 6.07) is 0.796. The van der Waals surface area contributed by atoms with Crippen LogP contribution < -0.4 is 5.32 Å². The molecule has 2 saturated heterocycles. The minimum Gasteiger partial charge on any atom is -0.354 e. The molecule has 0 radical (unpaired) electrons. The van der Waals surface area contributed by atoms with Crippen LogP contribution >= 0.6 is 0 Å². The minimum atomic E-state index is -0.0647. The van der Waals surface area contributed by atoms with Gasteiger partial charge in [0.1, 0.15) is 12.2 Å². The summed E-state index contributed by atoms with van der Waals surface area (Å²) in [5, 5.41) is 7.37. The molecule has 1 N–H and O–H groups in total. The number of nitrogens with zero attached hydrogens (tertiary/aromatic N) is 4. The fraction of sp³-hybridized carbons (Fsp3) is 0.786. The average molecular weight is 277 g/mol. The van der Waals surface area contributed by atoms with Crippen molar-refractivity contribution in [3.05, 3.63) is 12.2 Å². The Morgan fingerprint density at radius 2 is 2.10 bits per heavy atom. The molecule has 20 heavy (non-hydrogen) atoms. The van der Waals surface area contributed by atoms with E-state index in [0.717, 1.165) is 31.8 Å². The van der Waals surface area contributed by atoms with E-state index in [1.54, 1.807) is 6.33 Å². The molecular weight excluding hydrogens is 254 g/mol. The standard InChI is InChI=1S/C14H23N5O/c1-14(2,3)19-12(16-9-17-19)8-18-10-4-5-11(18)7-15-13(20)6-10/h9-11H,4-8H2,1-3H3,(H,15,20). The summed E-state index contributed by atoms with van der Waals surface area (Å²) in [7, 11) is 0. The minimum absolute atomic E-state index is 0.0647. The number of carbonyl (C=O) groups is 1. The lowest BCUT2D eigenvalue weighted by Gasteiger charge is -2.28. The summed E-state index contributed by atoms with van der Waals surface area (Å²) in [6.45, 7) is 7.94. The molecule has 1 aromatic rings. The van der Waals surface area contributed by atoms with E-state index in [0.29, 0.717) is 18.5 Å². The lowest BCUT2D eigenvalue weighted by atomic mass is 10.1. The van der Waals surface area contributed by atoms with Gasteiger partial charge in [-0.3, -0.25) is 9.69 Å². The topological polar surface area (TPSA) is 63.1 Å². The Labute approximate surface area is 119 Å². The van der Waals surface area contributed by atoms with Crippen molar-refractivity contribution in [3.63, 3.8) is 0 Å². The Morgan fingerprint density at radius 1 is 1.35 bits per heavy atom. The first kappa shape index (κ1) is 13.5. The monoisotopic (exact) mass is 277 g/mol. The highest BCUT2D eigenvalue weighted by atomic mass is 16.1. The first-order valence-corrected chi connectivity index (χ1v) is 7.37. The first-order valence-electron chi connectivity index (χ1n) is 7.37. The normalized spacial score (nSPS) is 27.4. The van der Waals surface area contributed by atoms with E-state index in [2.05, 4.69) is 41.1 Å². The Morgan fingerprint density at radius 3 is 2.85 bits per heavy atom. The largest absolute Gasteiger partial charge is 0.354 e. The van der Waals surface area contributed by atoms with Gasteiger partial charge in [-0.1, -0.05) is 0 Å². The maximum atomic E-state index is 11.7. The number of nitrogens with one attached hydrogen (secondary N) is 1. The van der Waals surface area contributed by atoms with Crippen LogP contribution in [0.15, 0.2) is 6.33 Å². The van der Waals surface area contributed by atoms with E-state index < -0.39 is 0 Å². The van der Waals surface area contributed by atoms with Crippen molar-refractivity contribution in [2.45, 2.75) is 64.2 Å². The van der Waals surface area contributed by atoms with Crippen LogP contribution in [-0.4, -0.2) is 44.2 Å². The molecule has 2 aliphatic heterocycles. The fourth-order valence-corrected chi connectivity index (χ4v) is 3.33. The van der Waals surface area contributed by atoms with Crippen molar-refractivity contribution >= 4 is 5.91 Å². The maximum Gasteiger partial charge on any atom is 0.221 e. The zero-order valence-corrected chi connectivity index (χ0v) is 12.5. The van der Waals surface area contributed by atoms with Crippen LogP contribution in [0.3, 0.4) is 0 Å². The van der Waals surface area contributed by atoms with Crippen molar-refractivity contribution < 1.29 is 4.79 Å². The number of hydrogen-bond acceptors (Lipinski definition) is 4. The molecule has 2 bridgehead atoms. The van der Waals surface area contributed by atoms with E-state index in [4.69, 9.17) is 0 Å². The van der Waals surface area contributed by atoms with Gasteiger partial charge in [0.05, 0.1) is 12.1 Å². The second-order valence-corrected chi connectivity index (χ2v) is 6.82. The van der Waals surface area contributed by atoms with Crippen molar-refractivity contribution in [1.82, 2.24) is 25.0 Å². The van der Waals surface area contributed by atoms with Gasteiger partial charge in [0.15, 0.2) is 0 Å². The molecule has 110 valence electrons. The molecule has 1 aromatic heterocycles. The molecule has 2 aliphatic rings. The highest BCUT2D eigenvalue weighted by Crippen LogP contribution is 2.30. The van der Waals surface area contributed by atoms with E-state index in [1.807, 2.05) is 4.68 Å². The van der Waals surface area contributed by atoms with E-state index >= 15 is 0 Å². The molecule has 1 amide bonds. The van der Waals surface area contributed by atoms with E-state index in [-0.39, 0.29) is 11.4 Å². The summed E-state index contributed by atoms with van der Waals surface area (Å²) in [5.74, 6) is 1.17. The van der Waals surface area contributed by atoms with Crippen LogP contribution in [0.1, 0.15) is 45.9 Å². The third kappa shape index (κ3) is 2.44. The quantitative estimate of drug-likeness (QED) is 0.872. The summed E-state index contributed by atoms with van der Waals surface area (Å²) in [4.78, 5) is 18.5. The number of amides is 1. The Bertz CT molecular complexity index is 504. The van der Waals surface area contributed by atoms with Crippen LogP contribution in [0, 0.1) is 0 Å². The SMILES string of the molecule is CC(C)(C)n1ncnc1CN1C2CCC1CC(=O)NC2. The highest BCUT2D eigenvalue weighted by molar-refractivity contribution is 5.77. The van der Waals surface area contributed by atoms with Crippen LogP contribution in [0.4, 0.5) is 0 Å². The Balaban J connectivity index is 1.81. The average Bonchev–Trinajstić information content (AvgIpc) is 2.90. The zero-order valence-electron chi connectivity index (χ0n) is 12.5. The molecular formula is C14H23N5O. The number of carbonyl (C=O) groups excluding carboxylic acids is 1. The highest BCUT2D eigenvalue weighted by Gasteiger charge is 2.38. The van der Waals surface area contributed by atoms with Gasteiger partial charge in [-0.2, -0.15) is 5.10 Å². The van der Waals surface area contributed by atoms with E-state index in [9.17, 15) is 4.79 Å². The van der Waals surface area contributed by atoms with Crippen molar-refractivity contribution in [2.75, 3.05) is 6.54 Å². The van der Waals surface area contributed by atoms with Crippen LogP contribution in [0.25, 0.3) is 0 Å². The number of aromatic nitrogens is 3. The van der Waals surface area contributed by atoms with Gasteiger partial charge in [-0.25, -0.2) is 9.67 Å². The molecule has 0 saturated carbocycles. The van der Waals surface area contributed by atoms with Crippen LogP contribution in [-0.2, 0) is 16.9 Å². The smallest absolute Gasteiger partial charge is 0.221 e. The van der Waals surface area contributed by atoms with Gasteiger partial charge in [0.25, 0.3) is 0 Å². The molecule has 6 heteroatoms. The van der Waals surface area contributed by atoms with E-state index in [1.165, 1.54) is 0 Å². The first-order chi connectivity index (χ1) is 9.45.